The van der Waals surface area contributed by atoms with Gasteiger partial charge in [0.1, 0.15) is 12.4 Å². The standard InChI is InChI=1S/C16H12FNO3/c1-20-15-4-2-3-12(9-19)16(15)21-10-13-7-14(17)6-5-11(13)8-18/h2-7,9H,10H2,1H3. The third kappa shape index (κ3) is 3.18. The molecular formula is C16H12FNO3. The number of hydrogen-bond donors (Lipinski definition) is 0. The van der Waals surface area contributed by atoms with Crippen molar-refractivity contribution in [2.75, 3.05) is 7.11 Å². The molecule has 2 aromatic carbocycles. The largest absolute Gasteiger partial charge is 0.493 e. The number of nitrogens with zero attached hydrogens (tertiary/aromatic N) is 1. The second-order valence-corrected chi connectivity index (χ2v) is 4.20. The number of nitriles is 1. The molecule has 0 atom stereocenters. The fourth-order valence-electron chi connectivity index (χ4n) is 1.88. The van der Waals surface area contributed by atoms with Crippen LogP contribution in [0.4, 0.5) is 4.39 Å². The Kier molecular flexibility index (Phi) is 4.52. The van der Waals surface area contributed by atoms with E-state index in [9.17, 15) is 9.18 Å². The van der Waals surface area contributed by atoms with Gasteiger partial charge < -0.3 is 9.47 Å². The first kappa shape index (κ1) is 14.5. The monoisotopic (exact) mass is 285 g/mol. The van der Waals surface area contributed by atoms with Gasteiger partial charge in [-0.15, -0.1) is 0 Å². The molecule has 0 spiro atoms. The van der Waals surface area contributed by atoms with Gasteiger partial charge in [-0.2, -0.15) is 5.26 Å². The Morgan fingerprint density at radius 2 is 2.14 bits per heavy atom. The molecule has 0 unspecified atom stereocenters. The van der Waals surface area contributed by atoms with E-state index in [1.165, 1.54) is 25.3 Å². The SMILES string of the molecule is COc1cccc(C=O)c1OCc1cc(F)ccc1C#N. The van der Waals surface area contributed by atoms with Gasteiger partial charge in [0.05, 0.1) is 24.3 Å². The quantitative estimate of drug-likeness (QED) is 0.792. The van der Waals surface area contributed by atoms with Gasteiger partial charge in [-0.25, -0.2) is 4.39 Å². The van der Waals surface area contributed by atoms with Crippen LogP contribution in [0, 0.1) is 17.1 Å². The van der Waals surface area contributed by atoms with Gasteiger partial charge in [0, 0.05) is 5.56 Å². The maximum Gasteiger partial charge on any atom is 0.172 e. The maximum absolute atomic E-state index is 13.3. The summed E-state index contributed by atoms with van der Waals surface area (Å²) in [5.74, 6) is 0.209. The first-order valence-corrected chi connectivity index (χ1v) is 6.13. The normalized spacial score (nSPS) is 9.76. The molecule has 0 aliphatic rings. The highest BCUT2D eigenvalue weighted by molar-refractivity contribution is 5.81. The lowest BCUT2D eigenvalue weighted by Gasteiger charge is -2.13. The van der Waals surface area contributed by atoms with Gasteiger partial charge in [0.15, 0.2) is 17.8 Å². The Labute approximate surface area is 121 Å². The van der Waals surface area contributed by atoms with Crippen molar-refractivity contribution in [1.29, 1.82) is 5.26 Å². The highest BCUT2D eigenvalue weighted by Crippen LogP contribution is 2.31. The Balaban J connectivity index is 2.31. The van der Waals surface area contributed by atoms with Crippen LogP contribution in [0.1, 0.15) is 21.5 Å². The molecule has 0 saturated carbocycles. The zero-order valence-corrected chi connectivity index (χ0v) is 11.3. The van der Waals surface area contributed by atoms with E-state index >= 15 is 0 Å². The Bertz CT molecular complexity index is 707. The van der Waals surface area contributed by atoms with Crippen molar-refractivity contribution in [3.05, 3.63) is 58.9 Å². The molecule has 0 bridgehead atoms. The summed E-state index contributed by atoms with van der Waals surface area (Å²) in [7, 11) is 1.46. The number of ether oxygens (including phenoxy) is 2. The van der Waals surface area contributed by atoms with E-state index in [1.807, 2.05) is 6.07 Å². The number of rotatable bonds is 5. The van der Waals surface area contributed by atoms with Crippen molar-refractivity contribution in [2.45, 2.75) is 6.61 Å². The molecule has 106 valence electrons. The Hall–Kier alpha value is -2.87. The van der Waals surface area contributed by atoms with Crippen molar-refractivity contribution in [1.82, 2.24) is 0 Å². The third-order valence-corrected chi connectivity index (χ3v) is 2.92. The third-order valence-electron chi connectivity index (χ3n) is 2.92. The minimum atomic E-state index is -0.455. The average Bonchev–Trinajstić information content (AvgIpc) is 2.52. The fraction of sp³-hybridized carbons (Fsp3) is 0.125. The smallest absolute Gasteiger partial charge is 0.172 e. The summed E-state index contributed by atoms with van der Waals surface area (Å²) in [6, 6.07) is 10.7. The number of methoxy groups -OCH3 is 1. The van der Waals surface area contributed by atoms with E-state index in [-0.39, 0.29) is 12.4 Å². The molecule has 4 nitrogen and oxygen atoms in total. The van der Waals surface area contributed by atoms with Gasteiger partial charge in [-0.05, 0) is 30.3 Å². The molecule has 0 amide bonds. The van der Waals surface area contributed by atoms with E-state index in [0.29, 0.717) is 28.7 Å². The van der Waals surface area contributed by atoms with E-state index in [1.54, 1.807) is 18.2 Å². The van der Waals surface area contributed by atoms with Gasteiger partial charge in [0.25, 0.3) is 0 Å². The minimum absolute atomic E-state index is 0.0398. The maximum atomic E-state index is 13.3. The molecule has 0 fully saturated rings. The van der Waals surface area contributed by atoms with Crippen molar-refractivity contribution >= 4 is 6.29 Å². The Morgan fingerprint density at radius 1 is 1.33 bits per heavy atom. The Morgan fingerprint density at radius 3 is 2.81 bits per heavy atom. The van der Waals surface area contributed by atoms with Gasteiger partial charge in [-0.3, -0.25) is 4.79 Å². The lowest BCUT2D eigenvalue weighted by atomic mass is 10.1. The van der Waals surface area contributed by atoms with E-state index in [4.69, 9.17) is 14.7 Å². The molecule has 0 saturated heterocycles. The second kappa shape index (κ2) is 6.53. The lowest BCUT2D eigenvalue weighted by molar-refractivity contribution is 0.111. The van der Waals surface area contributed by atoms with Crippen LogP contribution in [-0.4, -0.2) is 13.4 Å². The number of para-hydroxylation sites is 1. The number of carbonyl (C=O) groups is 1. The number of aldehydes is 1. The molecule has 0 aliphatic heterocycles. The molecule has 5 heteroatoms. The minimum Gasteiger partial charge on any atom is -0.493 e. The van der Waals surface area contributed by atoms with Gasteiger partial charge >= 0.3 is 0 Å². The van der Waals surface area contributed by atoms with Crippen molar-refractivity contribution in [3.8, 4) is 17.6 Å². The van der Waals surface area contributed by atoms with E-state index < -0.39 is 5.82 Å². The van der Waals surface area contributed by atoms with Crippen LogP contribution in [0.2, 0.25) is 0 Å². The zero-order valence-electron chi connectivity index (χ0n) is 11.3. The number of halogens is 1. The highest BCUT2D eigenvalue weighted by atomic mass is 19.1. The van der Waals surface area contributed by atoms with Crippen molar-refractivity contribution < 1.29 is 18.7 Å². The first-order chi connectivity index (χ1) is 10.2. The molecule has 0 aromatic heterocycles. The van der Waals surface area contributed by atoms with Crippen molar-refractivity contribution in [3.63, 3.8) is 0 Å². The van der Waals surface area contributed by atoms with Gasteiger partial charge in [-0.1, -0.05) is 6.07 Å². The van der Waals surface area contributed by atoms with Gasteiger partial charge in [0.2, 0.25) is 0 Å². The fourth-order valence-corrected chi connectivity index (χ4v) is 1.88. The molecule has 0 heterocycles. The summed E-state index contributed by atoms with van der Waals surface area (Å²) in [4.78, 5) is 11.0. The predicted octanol–water partition coefficient (Wildman–Crippen LogP) is 3.10. The molecule has 2 aromatic rings. The average molecular weight is 285 g/mol. The summed E-state index contributed by atoms with van der Waals surface area (Å²) in [6.07, 6.45) is 0.647. The van der Waals surface area contributed by atoms with Crippen LogP contribution in [0.3, 0.4) is 0 Å². The molecule has 21 heavy (non-hydrogen) atoms. The topological polar surface area (TPSA) is 59.3 Å². The summed E-state index contributed by atoms with van der Waals surface area (Å²) in [5.41, 5.74) is 1.04. The molecule has 0 aliphatic carbocycles. The molecular weight excluding hydrogens is 273 g/mol. The van der Waals surface area contributed by atoms with Crippen LogP contribution in [0.15, 0.2) is 36.4 Å². The lowest BCUT2D eigenvalue weighted by Crippen LogP contribution is -2.03. The van der Waals surface area contributed by atoms with Crippen LogP contribution >= 0.6 is 0 Å². The zero-order chi connectivity index (χ0) is 15.2. The van der Waals surface area contributed by atoms with Crippen molar-refractivity contribution in [2.24, 2.45) is 0 Å². The molecule has 2 rings (SSSR count). The van der Waals surface area contributed by atoms with Crippen LogP contribution < -0.4 is 9.47 Å². The summed E-state index contributed by atoms with van der Waals surface area (Å²) in [5, 5.41) is 9.00. The summed E-state index contributed by atoms with van der Waals surface area (Å²) < 4.78 is 23.9. The molecule has 0 radical (unpaired) electrons. The van der Waals surface area contributed by atoms with Crippen LogP contribution in [-0.2, 0) is 6.61 Å². The summed E-state index contributed by atoms with van der Waals surface area (Å²) in [6.45, 7) is -0.0398. The number of benzene rings is 2. The molecule has 0 N–H and O–H groups in total. The van der Waals surface area contributed by atoms with E-state index in [0.717, 1.165) is 0 Å². The second-order valence-electron chi connectivity index (χ2n) is 4.20. The predicted molar refractivity (Wildman–Crippen MR) is 73.8 cm³/mol. The number of hydrogen-bond acceptors (Lipinski definition) is 4. The summed E-state index contributed by atoms with van der Waals surface area (Å²) >= 11 is 0. The first-order valence-electron chi connectivity index (χ1n) is 6.13. The highest BCUT2D eigenvalue weighted by Gasteiger charge is 2.12. The van der Waals surface area contributed by atoms with Crippen LogP contribution in [0.25, 0.3) is 0 Å². The number of carbonyl (C=O) groups excluding carboxylic acids is 1. The van der Waals surface area contributed by atoms with Crippen LogP contribution in [0.5, 0.6) is 11.5 Å². The van der Waals surface area contributed by atoms with E-state index in [2.05, 4.69) is 0 Å².